The Morgan fingerprint density at radius 1 is 1.22 bits per heavy atom. The van der Waals surface area contributed by atoms with Crippen molar-refractivity contribution in [3.05, 3.63) is 88.6 Å². The number of benzene rings is 2. The van der Waals surface area contributed by atoms with Gasteiger partial charge in [0.15, 0.2) is 0 Å². The number of rotatable bonds is 4. The fourth-order valence-electron chi connectivity index (χ4n) is 3.23. The van der Waals surface area contributed by atoms with Gasteiger partial charge in [-0.1, -0.05) is 30.3 Å². The van der Waals surface area contributed by atoms with Gasteiger partial charge in [0.05, 0.1) is 4.88 Å². The highest BCUT2D eigenvalue weighted by molar-refractivity contribution is 7.21. The van der Waals surface area contributed by atoms with E-state index >= 15 is 0 Å². The lowest BCUT2D eigenvalue weighted by atomic mass is 10.1. The topological polar surface area (TPSA) is 46.9 Å². The highest BCUT2D eigenvalue weighted by Gasteiger charge is 2.24. The van der Waals surface area contributed by atoms with Gasteiger partial charge in [-0.25, -0.2) is 9.37 Å². The number of halogens is 1. The third kappa shape index (κ3) is 3.24. The average molecular weight is 379 g/mol. The first-order valence-electron chi connectivity index (χ1n) is 8.56. The maximum Gasteiger partial charge on any atom is 0.262 e. The highest BCUT2D eigenvalue weighted by Crippen LogP contribution is 2.31. The Labute approximate surface area is 160 Å². The Balaban J connectivity index is 1.74. The lowest BCUT2D eigenvalue weighted by Gasteiger charge is -2.19. The van der Waals surface area contributed by atoms with Crippen molar-refractivity contribution in [1.82, 2.24) is 14.9 Å². The van der Waals surface area contributed by atoms with E-state index in [1.54, 1.807) is 24.5 Å². The lowest BCUT2D eigenvalue weighted by Crippen LogP contribution is -2.31. The van der Waals surface area contributed by atoms with Gasteiger partial charge in [0.1, 0.15) is 17.7 Å². The molecule has 4 nitrogen and oxygen atoms in total. The molecule has 0 radical (unpaired) electrons. The number of aromatic nitrogens is 2. The van der Waals surface area contributed by atoms with Crippen LogP contribution in [0.15, 0.2) is 60.9 Å². The van der Waals surface area contributed by atoms with E-state index in [1.807, 2.05) is 42.8 Å². The van der Waals surface area contributed by atoms with Crippen molar-refractivity contribution in [2.75, 3.05) is 0 Å². The summed E-state index contributed by atoms with van der Waals surface area (Å²) in [6.07, 6.45) is 3.47. The van der Waals surface area contributed by atoms with Gasteiger partial charge in [0.25, 0.3) is 5.91 Å². The van der Waals surface area contributed by atoms with Crippen LogP contribution in [0, 0.1) is 12.7 Å². The minimum Gasteiger partial charge on any atom is -0.337 e. The summed E-state index contributed by atoms with van der Waals surface area (Å²) in [7, 11) is 1.85. The smallest absolute Gasteiger partial charge is 0.262 e. The summed E-state index contributed by atoms with van der Waals surface area (Å²) in [5.41, 5.74) is 1.60. The van der Waals surface area contributed by atoms with E-state index in [-0.39, 0.29) is 11.7 Å². The molecular formula is C21H18FN3OS. The monoisotopic (exact) mass is 379 g/mol. The fraction of sp³-hybridized carbons (Fsp3) is 0.143. The molecule has 0 aliphatic heterocycles. The molecule has 27 heavy (non-hydrogen) atoms. The Morgan fingerprint density at radius 2 is 2.04 bits per heavy atom. The number of aryl methyl sites for hydroxylation is 2. The third-order valence-corrected chi connectivity index (χ3v) is 5.90. The van der Waals surface area contributed by atoms with Crippen LogP contribution < -0.4 is 5.32 Å². The van der Waals surface area contributed by atoms with Crippen molar-refractivity contribution in [1.29, 1.82) is 0 Å². The zero-order valence-electron chi connectivity index (χ0n) is 14.9. The molecule has 0 fully saturated rings. The Bertz CT molecular complexity index is 1130. The number of hydrogen-bond acceptors (Lipinski definition) is 3. The van der Waals surface area contributed by atoms with Crippen LogP contribution in [0.1, 0.15) is 32.7 Å². The van der Waals surface area contributed by atoms with Crippen molar-refractivity contribution in [3.63, 3.8) is 0 Å². The van der Waals surface area contributed by atoms with Crippen LogP contribution in [-0.4, -0.2) is 15.5 Å². The molecule has 0 saturated heterocycles. The van der Waals surface area contributed by atoms with Gasteiger partial charge in [-0.05, 0) is 41.6 Å². The van der Waals surface area contributed by atoms with Crippen LogP contribution >= 0.6 is 11.3 Å². The van der Waals surface area contributed by atoms with Crippen LogP contribution in [0.2, 0.25) is 0 Å². The predicted octanol–water partition coefficient (Wildman–Crippen LogP) is 4.60. The van der Waals surface area contributed by atoms with Gasteiger partial charge in [-0.15, -0.1) is 11.3 Å². The number of nitrogens with one attached hydrogen (secondary N) is 1. The van der Waals surface area contributed by atoms with Crippen molar-refractivity contribution < 1.29 is 9.18 Å². The number of fused-ring (bicyclic) bond motifs is 1. The summed E-state index contributed by atoms with van der Waals surface area (Å²) in [5.74, 6) is 0.109. The molecule has 2 heterocycles. The standard InChI is InChI=1S/C21H18FN3OS/c1-13-16-8-3-4-9-17(16)27-19(13)21(26)24-18(20-23-10-11-25(20)2)14-6-5-7-15(22)12-14/h3-12,18H,1-2H3,(H,24,26). The summed E-state index contributed by atoms with van der Waals surface area (Å²) < 4.78 is 16.7. The molecule has 0 bridgehead atoms. The molecule has 1 amide bonds. The molecule has 2 aromatic carbocycles. The van der Waals surface area contributed by atoms with Crippen LogP contribution in [0.5, 0.6) is 0 Å². The Kier molecular flexibility index (Phi) is 4.49. The van der Waals surface area contributed by atoms with E-state index in [2.05, 4.69) is 10.3 Å². The molecule has 0 saturated carbocycles. The second-order valence-corrected chi connectivity index (χ2v) is 7.46. The minimum atomic E-state index is -0.544. The van der Waals surface area contributed by atoms with Crippen molar-refractivity contribution >= 4 is 27.3 Å². The van der Waals surface area contributed by atoms with Gasteiger partial charge in [0, 0.05) is 24.1 Å². The second kappa shape index (κ2) is 6.96. The molecule has 1 unspecified atom stereocenters. The molecule has 1 N–H and O–H groups in total. The minimum absolute atomic E-state index is 0.189. The van der Waals surface area contributed by atoms with Crippen LogP contribution in [-0.2, 0) is 7.05 Å². The fourth-order valence-corrected chi connectivity index (χ4v) is 4.34. The zero-order valence-corrected chi connectivity index (χ0v) is 15.8. The van der Waals surface area contributed by atoms with Crippen LogP contribution in [0.3, 0.4) is 0 Å². The van der Waals surface area contributed by atoms with Gasteiger partial charge in [-0.2, -0.15) is 0 Å². The van der Waals surface area contributed by atoms with E-state index in [1.165, 1.54) is 23.5 Å². The largest absolute Gasteiger partial charge is 0.337 e. The molecule has 4 rings (SSSR count). The number of amides is 1. The molecule has 2 aromatic heterocycles. The molecule has 1 atom stereocenters. The summed E-state index contributed by atoms with van der Waals surface area (Å²) in [5, 5.41) is 4.12. The maximum absolute atomic E-state index is 13.8. The summed E-state index contributed by atoms with van der Waals surface area (Å²) in [6.45, 7) is 1.95. The SMILES string of the molecule is Cc1c(C(=O)NC(c2cccc(F)c2)c2nccn2C)sc2ccccc12. The van der Waals surface area contributed by atoms with Crippen LogP contribution in [0.4, 0.5) is 4.39 Å². The maximum atomic E-state index is 13.8. The Hall–Kier alpha value is -2.99. The zero-order chi connectivity index (χ0) is 19.0. The number of carbonyl (C=O) groups excluding carboxylic acids is 1. The molecule has 6 heteroatoms. The molecule has 0 aliphatic carbocycles. The van der Waals surface area contributed by atoms with Crippen LogP contribution in [0.25, 0.3) is 10.1 Å². The first-order valence-corrected chi connectivity index (χ1v) is 9.38. The van der Waals surface area contributed by atoms with Crippen molar-refractivity contribution in [2.45, 2.75) is 13.0 Å². The second-order valence-electron chi connectivity index (χ2n) is 6.41. The first-order chi connectivity index (χ1) is 13.0. The first kappa shape index (κ1) is 17.4. The lowest BCUT2D eigenvalue weighted by molar-refractivity contribution is 0.0944. The van der Waals surface area contributed by atoms with E-state index in [9.17, 15) is 9.18 Å². The van der Waals surface area contributed by atoms with E-state index < -0.39 is 6.04 Å². The molecule has 136 valence electrons. The van der Waals surface area contributed by atoms with E-state index in [0.29, 0.717) is 16.3 Å². The van der Waals surface area contributed by atoms with Gasteiger partial charge in [-0.3, -0.25) is 4.79 Å². The van der Waals surface area contributed by atoms with Crippen molar-refractivity contribution in [2.24, 2.45) is 7.05 Å². The summed E-state index contributed by atoms with van der Waals surface area (Å²) >= 11 is 1.46. The number of imidazole rings is 1. The van der Waals surface area contributed by atoms with Crippen molar-refractivity contribution in [3.8, 4) is 0 Å². The predicted molar refractivity (Wildman–Crippen MR) is 105 cm³/mol. The molecular weight excluding hydrogens is 361 g/mol. The van der Waals surface area contributed by atoms with E-state index in [4.69, 9.17) is 0 Å². The van der Waals surface area contributed by atoms with Gasteiger partial charge >= 0.3 is 0 Å². The van der Waals surface area contributed by atoms with Gasteiger partial charge < -0.3 is 9.88 Å². The van der Waals surface area contributed by atoms with Gasteiger partial charge in [0.2, 0.25) is 0 Å². The summed E-state index contributed by atoms with van der Waals surface area (Å²) in [6, 6.07) is 13.6. The number of hydrogen-bond donors (Lipinski definition) is 1. The number of carbonyl (C=O) groups is 1. The number of nitrogens with zero attached hydrogens (tertiary/aromatic N) is 2. The summed E-state index contributed by atoms with van der Waals surface area (Å²) in [4.78, 5) is 18.1. The normalized spacial score (nSPS) is 12.3. The number of thiophene rings is 1. The molecule has 0 aliphatic rings. The molecule has 4 aromatic rings. The quantitative estimate of drug-likeness (QED) is 0.563. The Morgan fingerprint density at radius 3 is 2.74 bits per heavy atom. The van der Waals surface area contributed by atoms with E-state index in [0.717, 1.165) is 15.6 Å². The third-order valence-electron chi connectivity index (χ3n) is 4.62. The average Bonchev–Trinajstić information content (AvgIpc) is 3.23. The highest BCUT2D eigenvalue weighted by atomic mass is 32.1. The molecule has 0 spiro atoms.